The van der Waals surface area contributed by atoms with E-state index < -0.39 is 0 Å². The first kappa shape index (κ1) is 25.5. The van der Waals surface area contributed by atoms with Gasteiger partial charge in [-0.1, -0.05) is 114 Å². The Morgan fingerprint density at radius 3 is 1.38 bits per heavy atom. The second kappa shape index (κ2) is 11.4. The van der Waals surface area contributed by atoms with Crippen LogP contribution in [0.25, 0.3) is 0 Å². The summed E-state index contributed by atoms with van der Waals surface area (Å²) in [5, 5.41) is 0. The molecule has 156 valence electrons. The summed E-state index contributed by atoms with van der Waals surface area (Å²) < 4.78 is 0. The molecule has 0 heterocycles. The maximum Gasteiger partial charge on any atom is 0.148 e. The molecule has 0 aliphatic carbocycles. The number of rotatable bonds is 11. The zero-order valence-electron chi connectivity index (χ0n) is 19.7. The molecular formula is C24H48O2. The molecule has 0 fully saturated rings. The van der Waals surface area contributed by atoms with Crippen molar-refractivity contribution in [2.24, 2.45) is 16.2 Å². The van der Waals surface area contributed by atoms with Crippen LogP contribution in [0.5, 0.6) is 0 Å². The van der Waals surface area contributed by atoms with Crippen LogP contribution in [0.15, 0.2) is 11.3 Å². The lowest BCUT2D eigenvalue weighted by Crippen LogP contribution is -2.29. The Kier molecular flexibility index (Phi) is 11.1. The Hall–Kier alpha value is -0.500. The maximum absolute atomic E-state index is 5.96. The maximum atomic E-state index is 5.96. The van der Waals surface area contributed by atoms with Gasteiger partial charge < -0.3 is 4.89 Å². The quantitative estimate of drug-likeness (QED) is 0.157. The number of allylic oxidation sites excluding steroid dienone is 2. The summed E-state index contributed by atoms with van der Waals surface area (Å²) in [6.07, 6.45) is 10.4. The van der Waals surface area contributed by atoms with Crippen LogP contribution in [0, 0.1) is 16.2 Å². The van der Waals surface area contributed by atoms with Gasteiger partial charge >= 0.3 is 0 Å². The van der Waals surface area contributed by atoms with E-state index in [1.807, 2.05) is 0 Å². The molecule has 0 saturated carbocycles. The van der Waals surface area contributed by atoms with E-state index in [4.69, 9.17) is 9.78 Å². The zero-order chi connectivity index (χ0) is 20.4. The summed E-state index contributed by atoms with van der Waals surface area (Å²) in [7, 11) is 0. The number of hydrogen-bond acceptors (Lipinski definition) is 2. The highest BCUT2D eigenvalue weighted by atomic mass is 17.2. The fraction of sp³-hybridized carbons (Fsp3) is 0.917. The average Bonchev–Trinajstić information content (AvgIpc) is 2.44. The molecule has 2 heteroatoms. The molecule has 0 unspecified atom stereocenters. The fourth-order valence-electron chi connectivity index (χ4n) is 3.74. The summed E-state index contributed by atoms with van der Waals surface area (Å²) in [6, 6.07) is 0. The lowest BCUT2D eigenvalue weighted by molar-refractivity contribution is -0.275. The Bertz CT molecular complexity index is 383. The molecular weight excluding hydrogens is 320 g/mol. The molecule has 0 N–H and O–H groups in total. The van der Waals surface area contributed by atoms with Crippen molar-refractivity contribution < 1.29 is 9.78 Å². The van der Waals surface area contributed by atoms with Gasteiger partial charge in [0.1, 0.15) is 5.76 Å². The summed E-state index contributed by atoms with van der Waals surface area (Å²) in [5.74, 6) is 0.997. The van der Waals surface area contributed by atoms with Gasteiger partial charge in [0, 0.05) is 5.41 Å². The second-order valence-corrected chi connectivity index (χ2v) is 10.8. The second-order valence-electron chi connectivity index (χ2n) is 10.8. The van der Waals surface area contributed by atoms with Crippen molar-refractivity contribution in [3.63, 3.8) is 0 Å². The van der Waals surface area contributed by atoms with E-state index in [-0.39, 0.29) is 16.2 Å². The van der Waals surface area contributed by atoms with E-state index in [0.717, 1.165) is 12.2 Å². The first-order chi connectivity index (χ1) is 11.8. The summed E-state index contributed by atoms with van der Waals surface area (Å²) in [6.45, 7) is 23.2. The van der Waals surface area contributed by atoms with E-state index in [1.54, 1.807) is 0 Å². The van der Waals surface area contributed by atoms with Crippen LogP contribution >= 0.6 is 0 Å². The highest BCUT2D eigenvalue weighted by Gasteiger charge is 2.37. The highest BCUT2D eigenvalue weighted by molar-refractivity contribution is 5.25. The van der Waals surface area contributed by atoms with E-state index in [0.29, 0.717) is 6.61 Å². The van der Waals surface area contributed by atoms with Crippen molar-refractivity contribution in [1.29, 1.82) is 0 Å². The largest absolute Gasteiger partial charge is 0.342 e. The third-order valence-corrected chi connectivity index (χ3v) is 4.63. The van der Waals surface area contributed by atoms with Gasteiger partial charge in [-0.05, 0) is 22.8 Å². The fourth-order valence-corrected chi connectivity index (χ4v) is 3.74. The van der Waals surface area contributed by atoms with Crippen molar-refractivity contribution in [1.82, 2.24) is 0 Å². The minimum atomic E-state index is -0.0742. The molecule has 0 aliphatic rings. The molecule has 0 rings (SSSR count). The van der Waals surface area contributed by atoms with E-state index in [9.17, 15) is 0 Å². The standard InChI is InChI=1S/C24H48O2/c1-11-12-13-14-15-16-17-18-19-25-26-21(24(8,9)10)20(22(2,3)4)23(5,6)7/h11-19H2,1-10H3. The predicted molar refractivity (Wildman–Crippen MR) is 115 cm³/mol. The van der Waals surface area contributed by atoms with E-state index in [2.05, 4.69) is 69.2 Å². The van der Waals surface area contributed by atoms with Crippen LogP contribution in [0.2, 0.25) is 0 Å². The topological polar surface area (TPSA) is 18.5 Å². The molecule has 0 aromatic carbocycles. The predicted octanol–water partition coefficient (Wildman–Crippen LogP) is 8.47. The summed E-state index contributed by atoms with van der Waals surface area (Å²) in [5.41, 5.74) is 1.36. The SMILES string of the molecule is CCCCCCCCCCOOC(=C(C(C)(C)C)C(C)(C)C)C(C)(C)C. The van der Waals surface area contributed by atoms with Gasteiger partial charge in [0.05, 0.1) is 6.61 Å². The normalized spacial score (nSPS) is 13.0. The molecule has 0 bridgehead atoms. The minimum absolute atomic E-state index is 0.0444. The third-order valence-electron chi connectivity index (χ3n) is 4.63. The smallest absolute Gasteiger partial charge is 0.148 e. The molecule has 0 aliphatic heterocycles. The van der Waals surface area contributed by atoms with Gasteiger partial charge in [-0.3, -0.25) is 0 Å². The molecule has 0 spiro atoms. The Labute approximate surface area is 165 Å². The van der Waals surface area contributed by atoms with E-state index >= 15 is 0 Å². The summed E-state index contributed by atoms with van der Waals surface area (Å²) >= 11 is 0. The molecule has 26 heavy (non-hydrogen) atoms. The zero-order valence-corrected chi connectivity index (χ0v) is 19.7. The number of unbranched alkanes of at least 4 members (excludes halogenated alkanes) is 7. The van der Waals surface area contributed by atoms with Crippen molar-refractivity contribution in [3.05, 3.63) is 11.3 Å². The first-order valence-corrected chi connectivity index (χ1v) is 10.9. The summed E-state index contributed by atoms with van der Waals surface area (Å²) in [4.78, 5) is 11.6. The Morgan fingerprint density at radius 1 is 0.577 bits per heavy atom. The molecule has 0 atom stereocenters. The van der Waals surface area contributed by atoms with Gasteiger partial charge in [0.2, 0.25) is 0 Å². The van der Waals surface area contributed by atoms with Crippen molar-refractivity contribution in [3.8, 4) is 0 Å². The Morgan fingerprint density at radius 2 is 1.00 bits per heavy atom. The van der Waals surface area contributed by atoms with Crippen LogP contribution < -0.4 is 0 Å². The van der Waals surface area contributed by atoms with Gasteiger partial charge in [0.25, 0.3) is 0 Å². The van der Waals surface area contributed by atoms with Gasteiger partial charge in [-0.15, -0.1) is 0 Å². The monoisotopic (exact) mass is 368 g/mol. The minimum Gasteiger partial charge on any atom is -0.342 e. The number of hydrogen-bond donors (Lipinski definition) is 0. The van der Waals surface area contributed by atoms with Crippen LogP contribution in [-0.4, -0.2) is 6.61 Å². The molecule has 0 aromatic heterocycles. The van der Waals surface area contributed by atoms with Crippen LogP contribution in [0.4, 0.5) is 0 Å². The molecule has 0 saturated heterocycles. The van der Waals surface area contributed by atoms with E-state index in [1.165, 1.54) is 50.5 Å². The van der Waals surface area contributed by atoms with Gasteiger partial charge in [-0.2, -0.15) is 4.89 Å². The third kappa shape index (κ3) is 10.6. The van der Waals surface area contributed by atoms with Crippen molar-refractivity contribution in [2.75, 3.05) is 6.61 Å². The molecule has 0 aromatic rings. The van der Waals surface area contributed by atoms with Crippen LogP contribution in [0.1, 0.15) is 121 Å². The molecule has 0 radical (unpaired) electrons. The first-order valence-electron chi connectivity index (χ1n) is 10.9. The van der Waals surface area contributed by atoms with Gasteiger partial charge in [0.15, 0.2) is 0 Å². The lowest BCUT2D eigenvalue weighted by atomic mass is 9.68. The molecule has 2 nitrogen and oxygen atoms in total. The van der Waals surface area contributed by atoms with Crippen LogP contribution in [0.3, 0.4) is 0 Å². The molecule has 0 amide bonds. The lowest BCUT2D eigenvalue weighted by Gasteiger charge is -2.38. The van der Waals surface area contributed by atoms with Crippen molar-refractivity contribution in [2.45, 2.75) is 121 Å². The Balaban J connectivity index is 4.61. The van der Waals surface area contributed by atoms with Crippen molar-refractivity contribution >= 4 is 0 Å². The van der Waals surface area contributed by atoms with Crippen LogP contribution in [-0.2, 0) is 9.78 Å². The van der Waals surface area contributed by atoms with Gasteiger partial charge in [-0.25, -0.2) is 0 Å². The highest BCUT2D eigenvalue weighted by Crippen LogP contribution is 2.46. The average molecular weight is 369 g/mol.